The Bertz CT molecular complexity index is 1410. The Morgan fingerprint density at radius 1 is 0.853 bits per heavy atom. The minimum absolute atomic E-state index is 0.143. The third-order valence-electron chi connectivity index (χ3n) is 5.81. The molecule has 0 radical (unpaired) electrons. The van der Waals surface area contributed by atoms with E-state index >= 15 is 0 Å². The van der Waals surface area contributed by atoms with E-state index in [-0.39, 0.29) is 11.4 Å². The van der Waals surface area contributed by atoms with Crippen LogP contribution in [0.25, 0.3) is 10.8 Å². The molecule has 0 unspecified atom stereocenters. The largest absolute Gasteiger partial charge is 0.324 e. The first-order chi connectivity index (χ1) is 16.3. The average Bonchev–Trinajstić information content (AvgIpc) is 2.83. The average molecular weight is 473 g/mol. The number of sulfonamides is 1. The number of nitrogens with zero attached hydrogens (tertiary/aromatic N) is 1. The number of anilines is 2. The second-order valence-electron chi connectivity index (χ2n) is 8.65. The smallest absolute Gasteiger partial charge is 0.264 e. The molecular formula is C28H28N2O3S. The van der Waals surface area contributed by atoms with Gasteiger partial charge in [-0.3, -0.25) is 9.10 Å². The number of rotatable bonds is 7. The van der Waals surface area contributed by atoms with Gasteiger partial charge in [0.15, 0.2) is 0 Å². The SMILES string of the molecule is Cc1ccc(S(=O)(=O)N(CC(=O)Nc2cccc3ccccc23)c2ccc(C(C)C)cc2)cc1. The molecule has 0 spiro atoms. The Kier molecular flexibility index (Phi) is 6.70. The molecule has 0 bridgehead atoms. The standard InChI is InChI=1S/C28H28N2O3S/c1-20(2)22-13-15-24(16-14-22)30(34(32,33)25-17-11-21(3)12-18-25)19-28(31)29-27-10-6-8-23-7-4-5-9-26(23)27/h4-18,20H,19H2,1-3H3,(H,29,31). The molecule has 4 aromatic carbocycles. The molecular weight excluding hydrogens is 444 g/mol. The van der Waals surface area contributed by atoms with Gasteiger partial charge in [-0.05, 0) is 54.1 Å². The van der Waals surface area contributed by atoms with Crippen molar-refractivity contribution in [3.63, 3.8) is 0 Å². The summed E-state index contributed by atoms with van der Waals surface area (Å²) < 4.78 is 28.4. The van der Waals surface area contributed by atoms with Gasteiger partial charge in [-0.15, -0.1) is 0 Å². The highest BCUT2D eigenvalue weighted by Crippen LogP contribution is 2.27. The van der Waals surface area contributed by atoms with Gasteiger partial charge in [-0.2, -0.15) is 0 Å². The normalized spacial score (nSPS) is 11.5. The van der Waals surface area contributed by atoms with E-state index in [1.165, 1.54) is 4.31 Å². The van der Waals surface area contributed by atoms with E-state index in [0.717, 1.165) is 21.9 Å². The second kappa shape index (κ2) is 9.69. The Balaban J connectivity index is 1.68. The lowest BCUT2D eigenvalue weighted by molar-refractivity contribution is -0.114. The van der Waals surface area contributed by atoms with Crippen molar-refractivity contribution in [2.45, 2.75) is 31.6 Å². The van der Waals surface area contributed by atoms with Gasteiger partial charge in [0.1, 0.15) is 6.54 Å². The topological polar surface area (TPSA) is 66.5 Å². The fourth-order valence-electron chi connectivity index (χ4n) is 3.83. The van der Waals surface area contributed by atoms with Crippen molar-refractivity contribution in [3.05, 3.63) is 102 Å². The number of hydrogen-bond acceptors (Lipinski definition) is 3. The summed E-state index contributed by atoms with van der Waals surface area (Å²) in [6, 6.07) is 27.4. The lowest BCUT2D eigenvalue weighted by atomic mass is 10.0. The summed E-state index contributed by atoms with van der Waals surface area (Å²) >= 11 is 0. The van der Waals surface area contributed by atoms with E-state index in [0.29, 0.717) is 17.3 Å². The number of carbonyl (C=O) groups is 1. The maximum atomic E-state index is 13.6. The van der Waals surface area contributed by atoms with Gasteiger partial charge in [-0.1, -0.05) is 80.1 Å². The van der Waals surface area contributed by atoms with Crippen molar-refractivity contribution < 1.29 is 13.2 Å². The predicted molar refractivity (Wildman–Crippen MR) is 139 cm³/mol. The van der Waals surface area contributed by atoms with Crippen LogP contribution < -0.4 is 9.62 Å². The third-order valence-corrected chi connectivity index (χ3v) is 7.60. The van der Waals surface area contributed by atoms with Crippen LogP contribution >= 0.6 is 0 Å². The van der Waals surface area contributed by atoms with Crippen LogP contribution in [0.3, 0.4) is 0 Å². The molecule has 34 heavy (non-hydrogen) atoms. The zero-order valence-electron chi connectivity index (χ0n) is 19.5. The Labute approximate surface area is 201 Å². The maximum absolute atomic E-state index is 13.6. The molecule has 6 heteroatoms. The molecule has 0 aliphatic rings. The molecule has 0 heterocycles. The lowest BCUT2D eigenvalue weighted by Gasteiger charge is -2.25. The van der Waals surface area contributed by atoms with Crippen LogP contribution in [0, 0.1) is 6.92 Å². The highest BCUT2D eigenvalue weighted by Gasteiger charge is 2.27. The van der Waals surface area contributed by atoms with Crippen molar-refractivity contribution in [2.24, 2.45) is 0 Å². The van der Waals surface area contributed by atoms with Crippen molar-refractivity contribution in [3.8, 4) is 0 Å². The van der Waals surface area contributed by atoms with E-state index in [1.807, 2.05) is 61.5 Å². The zero-order valence-corrected chi connectivity index (χ0v) is 20.3. The predicted octanol–water partition coefficient (Wildman–Crippen LogP) is 6.11. The van der Waals surface area contributed by atoms with Crippen LogP contribution in [0.4, 0.5) is 11.4 Å². The van der Waals surface area contributed by atoms with E-state index in [4.69, 9.17) is 0 Å². The number of aryl methyl sites for hydroxylation is 1. The van der Waals surface area contributed by atoms with E-state index in [9.17, 15) is 13.2 Å². The summed E-state index contributed by atoms with van der Waals surface area (Å²) in [5.41, 5.74) is 3.14. The molecule has 0 aromatic heterocycles. The number of benzene rings is 4. The first kappa shape index (κ1) is 23.5. The Hall–Kier alpha value is -3.64. The molecule has 4 rings (SSSR count). The lowest BCUT2D eigenvalue weighted by Crippen LogP contribution is -2.38. The zero-order chi connectivity index (χ0) is 24.3. The van der Waals surface area contributed by atoms with Gasteiger partial charge in [0.05, 0.1) is 10.6 Å². The van der Waals surface area contributed by atoms with Crippen LogP contribution in [-0.4, -0.2) is 20.9 Å². The van der Waals surface area contributed by atoms with Gasteiger partial charge in [-0.25, -0.2) is 8.42 Å². The highest BCUT2D eigenvalue weighted by atomic mass is 32.2. The van der Waals surface area contributed by atoms with Gasteiger partial charge in [0.25, 0.3) is 10.0 Å². The van der Waals surface area contributed by atoms with Crippen molar-refractivity contribution in [2.75, 3.05) is 16.2 Å². The Morgan fingerprint density at radius 3 is 2.18 bits per heavy atom. The first-order valence-electron chi connectivity index (χ1n) is 11.2. The summed E-state index contributed by atoms with van der Waals surface area (Å²) in [7, 11) is -3.96. The molecule has 0 saturated carbocycles. The Morgan fingerprint density at radius 2 is 1.50 bits per heavy atom. The first-order valence-corrected chi connectivity index (χ1v) is 12.7. The van der Waals surface area contributed by atoms with Gasteiger partial charge in [0.2, 0.25) is 5.91 Å². The van der Waals surface area contributed by atoms with Crippen LogP contribution in [0.1, 0.15) is 30.9 Å². The third kappa shape index (κ3) is 4.97. The van der Waals surface area contributed by atoms with Crippen molar-refractivity contribution in [1.29, 1.82) is 0 Å². The quantitative estimate of drug-likeness (QED) is 0.353. The molecule has 1 amide bonds. The molecule has 174 valence electrons. The van der Waals surface area contributed by atoms with Crippen LogP contribution in [-0.2, 0) is 14.8 Å². The van der Waals surface area contributed by atoms with E-state index < -0.39 is 15.9 Å². The van der Waals surface area contributed by atoms with Crippen molar-refractivity contribution in [1.82, 2.24) is 0 Å². The van der Waals surface area contributed by atoms with Crippen molar-refractivity contribution >= 4 is 38.1 Å². The monoisotopic (exact) mass is 472 g/mol. The molecule has 4 aromatic rings. The molecule has 0 aliphatic carbocycles. The van der Waals surface area contributed by atoms with E-state index in [1.54, 1.807) is 36.4 Å². The number of nitrogens with one attached hydrogen (secondary N) is 1. The molecule has 0 fully saturated rings. The second-order valence-corrected chi connectivity index (χ2v) is 10.5. The molecule has 1 N–H and O–H groups in total. The minimum atomic E-state index is -3.96. The minimum Gasteiger partial charge on any atom is -0.324 e. The van der Waals surface area contributed by atoms with E-state index in [2.05, 4.69) is 19.2 Å². The summed E-state index contributed by atoms with van der Waals surface area (Å²) in [6.45, 7) is 5.71. The van der Waals surface area contributed by atoms with Crippen LogP contribution in [0.5, 0.6) is 0 Å². The summed E-state index contributed by atoms with van der Waals surface area (Å²) in [6.07, 6.45) is 0. The van der Waals surface area contributed by atoms with Crippen LogP contribution in [0.15, 0.2) is 95.9 Å². The van der Waals surface area contributed by atoms with Gasteiger partial charge < -0.3 is 5.32 Å². The number of fused-ring (bicyclic) bond motifs is 1. The fraction of sp³-hybridized carbons (Fsp3) is 0.179. The molecule has 0 atom stereocenters. The summed E-state index contributed by atoms with van der Waals surface area (Å²) in [5, 5.41) is 4.79. The number of amides is 1. The highest BCUT2D eigenvalue weighted by molar-refractivity contribution is 7.92. The van der Waals surface area contributed by atoms with Gasteiger partial charge in [0, 0.05) is 11.1 Å². The maximum Gasteiger partial charge on any atom is 0.264 e. The number of hydrogen-bond donors (Lipinski definition) is 1. The molecule has 0 saturated heterocycles. The summed E-state index contributed by atoms with van der Waals surface area (Å²) in [5.74, 6) is -0.106. The fourth-order valence-corrected chi connectivity index (χ4v) is 5.25. The van der Waals surface area contributed by atoms with Crippen LogP contribution in [0.2, 0.25) is 0 Å². The van der Waals surface area contributed by atoms with Gasteiger partial charge >= 0.3 is 0 Å². The molecule has 0 aliphatic heterocycles. The molecule has 5 nitrogen and oxygen atoms in total. The summed E-state index contributed by atoms with van der Waals surface area (Å²) in [4.78, 5) is 13.3. The number of carbonyl (C=O) groups excluding carboxylic acids is 1.